The van der Waals surface area contributed by atoms with Crippen molar-refractivity contribution in [1.29, 1.82) is 0 Å². The molecule has 0 saturated heterocycles. The van der Waals surface area contributed by atoms with Crippen molar-refractivity contribution >= 4 is 27.7 Å². The van der Waals surface area contributed by atoms with Crippen LogP contribution in [0.2, 0.25) is 0 Å². The smallest absolute Gasteiger partial charge is 0.137 e. The summed E-state index contributed by atoms with van der Waals surface area (Å²) >= 11 is 4.96. The first-order valence-electron chi connectivity index (χ1n) is 5.92. The van der Waals surface area contributed by atoms with Gasteiger partial charge in [0.1, 0.15) is 5.82 Å². The first kappa shape index (κ1) is 14.6. The van der Waals surface area contributed by atoms with Gasteiger partial charge in [0.15, 0.2) is 0 Å². The van der Waals surface area contributed by atoms with Crippen molar-refractivity contribution in [2.45, 2.75) is 10.9 Å². The Morgan fingerprint density at radius 3 is 2.58 bits per heavy atom. The fourth-order valence-corrected chi connectivity index (χ4v) is 3.13. The van der Waals surface area contributed by atoms with Crippen LogP contribution in [0.5, 0.6) is 0 Å². The summed E-state index contributed by atoms with van der Waals surface area (Å²) in [6.07, 6.45) is 2.06. The lowest BCUT2D eigenvalue weighted by molar-refractivity contribution is 0.616. The van der Waals surface area contributed by atoms with Crippen molar-refractivity contribution in [3.8, 4) is 0 Å². The second-order valence-corrected chi connectivity index (χ2v) is 5.84. The third kappa shape index (κ3) is 3.19. The van der Waals surface area contributed by atoms with Gasteiger partial charge in [-0.15, -0.1) is 11.8 Å². The molecule has 0 bridgehead atoms. The number of rotatable bonds is 4. The van der Waals surface area contributed by atoms with Crippen LogP contribution in [0.1, 0.15) is 17.2 Å². The van der Waals surface area contributed by atoms with E-state index in [2.05, 4.69) is 39.6 Å². The summed E-state index contributed by atoms with van der Waals surface area (Å²) in [5.74, 6) is -0.239. The molecule has 4 heteroatoms. The molecule has 100 valence electrons. The summed E-state index contributed by atoms with van der Waals surface area (Å²) in [6.45, 7) is 0. The van der Waals surface area contributed by atoms with Crippen LogP contribution in [0.3, 0.4) is 0 Å². The number of nitrogens with one attached hydrogen (secondary N) is 1. The van der Waals surface area contributed by atoms with E-state index in [4.69, 9.17) is 0 Å². The summed E-state index contributed by atoms with van der Waals surface area (Å²) in [5.41, 5.74) is 2.24. The molecule has 0 radical (unpaired) electrons. The van der Waals surface area contributed by atoms with E-state index >= 15 is 0 Å². The van der Waals surface area contributed by atoms with Crippen molar-refractivity contribution in [3.05, 3.63) is 63.9 Å². The van der Waals surface area contributed by atoms with Gasteiger partial charge in [0.25, 0.3) is 0 Å². The Morgan fingerprint density at radius 1 is 1.21 bits per heavy atom. The largest absolute Gasteiger partial charge is 0.309 e. The summed E-state index contributed by atoms with van der Waals surface area (Å²) < 4.78 is 13.8. The van der Waals surface area contributed by atoms with Gasteiger partial charge in [-0.1, -0.05) is 24.3 Å². The van der Waals surface area contributed by atoms with Gasteiger partial charge < -0.3 is 5.32 Å². The maximum absolute atomic E-state index is 13.3. The van der Waals surface area contributed by atoms with Crippen molar-refractivity contribution in [2.75, 3.05) is 13.3 Å². The highest BCUT2D eigenvalue weighted by atomic mass is 79.9. The molecule has 0 fully saturated rings. The summed E-state index contributed by atoms with van der Waals surface area (Å²) in [7, 11) is 1.92. The quantitative estimate of drug-likeness (QED) is 0.815. The fourth-order valence-electron chi connectivity index (χ4n) is 2.10. The van der Waals surface area contributed by atoms with E-state index in [-0.39, 0.29) is 11.9 Å². The summed E-state index contributed by atoms with van der Waals surface area (Å²) in [6, 6.07) is 13.5. The number of thioether (sulfide) groups is 1. The molecule has 19 heavy (non-hydrogen) atoms. The minimum absolute atomic E-state index is 0.0561. The molecular formula is C15H15BrFNS. The van der Waals surface area contributed by atoms with Crippen molar-refractivity contribution in [3.63, 3.8) is 0 Å². The molecule has 0 saturated carbocycles. The van der Waals surface area contributed by atoms with Gasteiger partial charge in [-0.2, -0.15) is 0 Å². The first-order chi connectivity index (χ1) is 9.17. The predicted octanol–water partition coefficient (Wildman–Crippen LogP) is 4.62. The van der Waals surface area contributed by atoms with Gasteiger partial charge >= 0.3 is 0 Å². The van der Waals surface area contributed by atoms with E-state index in [1.54, 1.807) is 11.8 Å². The lowest BCUT2D eigenvalue weighted by atomic mass is 9.99. The Hall–Kier alpha value is -0.840. The van der Waals surface area contributed by atoms with Gasteiger partial charge in [-0.05, 0) is 58.6 Å². The van der Waals surface area contributed by atoms with Crippen LogP contribution in [0, 0.1) is 5.82 Å². The zero-order chi connectivity index (χ0) is 13.8. The standard InChI is InChI=1S/C15H15BrFNS/c1-18-15(10-7-8-13(17)12(16)9-10)11-5-3-4-6-14(11)19-2/h3-9,15,18H,1-2H3. The second kappa shape index (κ2) is 6.55. The molecule has 1 nitrogen and oxygen atoms in total. The summed E-state index contributed by atoms with van der Waals surface area (Å²) in [4.78, 5) is 1.22. The van der Waals surface area contributed by atoms with Crippen LogP contribution >= 0.6 is 27.7 Å². The molecule has 0 aliphatic carbocycles. The number of benzene rings is 2. The molecule has 0 amide bonds. The molecule has 2 rings (SSSR count). The Balaban J connectivity index is 2.46. The molecule has 0 aliphatic heterocycles. The molecule has 0 aliphatic rings. The van der Waals surface area contributed by atoms with Gasteiger partial charge in [0, 0.05) is 4.90 Å². The first-order valence-corrected chi connectivity index (χ1v) is 7.94. The maximum atomic E-state index is 13.3. The Morgan fingerprint density at radius 2 is 1.95 bits per heavy atom. The van der Waals surface area contributed by atoms with E-state index < -0.39 is 0 Å². The minimum atomic E-state index is -0.239. The average molecular weight is 340 g/mol. The Kier molecular flexibility index (Phi) is 5.02. The lowest BCUT2D eigenvalue weighted by Gasteiger charge is -2.20. The zero-order valence-electron chi connectivity index (χ0n) is 10.8. The van der Waals surface area contributed by atoms with E-state index in [0.29, 0.717) is 4.47 Å². The molecule has 0 spiro atoms. The van der Waals surface area contributed by atoms with Crippen molar-refractivity contribution in [2.24, 2.45) is 0 Å². The molecule has 0 heterocycles. The van der Waals surface area contributed by atoms with Gasteiger partial charge in [-0.25, -0.2) is 4.39 Å². The predicted molar refractivity (Wildman–Crippen MR) is 83.2 cm³/mol. The fraction of sp³-hybridized carbons (Fsp3) is 0.200. The van der Waals surface area contributed by atoms with E-state index in [1.807, 2.05) is 31.3 Å². The van der Waals surface area contributed by atoms with Crippen LogP contribution < -0.4 is 5.32 Å². The number of hydrogen-bond donors (Lipinski definition) is 1. The zero-order valence-corrected chi connectivity index (χ0v) is 13.2. The topological polar surface area (TPSA) is 12.0 Å². The molecule has 2 aromatic carbocycles. The number of halogens is 2. The monoisotopic (exact) mass is 339 g/mol. The molecule has 1 atom stereocenters. The highest BCUT2D eigenvalue weighted by Crippen LogP contribution is 2.31. The maximum Gasteiger partial charge on any atom is 0.137 e. The second-order valence-electron chi connectivity index (χ2n) is 4.14. The third-order valence-electron chi connectivity index (χ3n) is 3.02. The van der Waals surface area contributed by atoms with Crippen molar-refractivity contribution < 1.29 is 4.39 Å². The third-order valence-corrected chi connectivity index (χ3v) is 4.43. The highest BCUT2D eigenvalue weighted by Gasteiger charge is 2.16. The molecule has 1 N–H and O–H groups in total. The number of hydrogen-bond acceptors (Lipinski definition) is 2. The summed E-state index contributed by atoms with van der Waals surface area (Å²) in [5, 5.41) is 3.30. The Labute approximate surface area is 125 Å². The van der Waals surface area contributed by atoms with Gasteiger partial charge in [0.05, 0.1) is 10.5 Å². The average Bonchev–Trinajstić information content (AvgIpc) is 2.44. The van der Waals surface area contributed by atoms with Crippen LogP contribution in [0.25, 0.3) is 0 Å². The highest BCUT2D eigenvalue weighted by molar-refractivity contribution is 9.10. The SMILES string of the molecule is CNC(c1ccc(F)c(Br)c1)c1ccccc1SC. The van der Waals surface area contributed by atoms with Gasteiger partial charge in [0.2, 0.25) is 0 Å². The molecule has 0 aromatic heterocycles. The lowest BCUT2D eigenvalue weighted by Crippen LogP contribution is -2.18. The van der Waals surface area contributed by atoms with E-state index in [0.717, 1.165) is 5.56 Å². The van der Waals surface area contributed by atoms with Gasteiger partial charge in [-0.3, -0.25) is 0 Å². The van der Waals surface area contributed by atoms with Crippen LogP contribution in [-0.4, -0.2) is 13.3 Å². The van der Waals surface area contributed by atoms with Crippen LogP contribution in [0.15, 0.2) is 51.8 Å². The molecule has 1 unspecified atom stereocenters. The molecule has 2 aromatic rings. The Bertz CT molecular complexity index is 574. The van der Waals surface area contributed by atoms with Crippen LogP contribution in [0.4, 0.5) is 4.39 Å². The van der Waals surface area contributed by atoms with E-state index in [1.165, 1.54) is 16.5 Å². The van der Waals surface area contributed by atoms with E-state index in [9.17, 15) is 4.39 Å². The minimum Gasteiger partial charge on any atom is -0.309 e. The normalized spacial score (nSPS) is 12.4. The van der Waals surface area contributed by atoms with Crippen LogP contribution in [-0.2, 0) is 0 Å². The van der Waals surface area contributed by atoms with Crippen molar-refractivity contribution in [1.82, 2.24) is 5.32 Å². The molecular weight excluding hydrogens is 325 g/mol.